The van der Waals surface area contributed by atoms with E-state index in [1.54, 1.807) is 13.2 Å². The van der Waals surface area contributed by atoms with E-state index in [1.165, 1.54) is 23.8 Å². The van der Waals surface area contributed by atoms with Gasteiger partial charge in [-0.3, -0.25) is 9.59 Å². The number of carbonyl (C=O) groups excluding carboxylic acids is 1. The van der Waals surface area contributed by atoms with Crippen molar-refractivity contribution in [2.75, 3.05) is 5.32 Å². The van der Waals surface area contributed by atoms with E-state index >= 15 is 0 Å². The van der Waals surface area contributed by atoms with Gasteiger partial charge in [-0.2, -0.15) is 0 Å². The number of pyridine rings is 1. The van der Waals surface area contributed by atoms with E-state index in [2.05, 4.69) is 12.2 Å². The number of anilines is 1. The van der Waals surface area contributed by atoms with Crippen LogP contribution in [0, 0.1) is 6.92 Å². The molecule has 1 heterocycles. The highest BCUT2D eigenvalue weighted by Gasteiger charge is 2.09. The van der Waals surface area contributed by atoms with Crippen molar-refractivity contribution in [1.82, 2.24) is 4.57 Å². The molecule has 19 heavy (non-hydrogen) atoms. The summed E-state index contributed by atoms with van der Waals surface area (Å²) in [5, 5.41) is 2.74. The Morgan fingerprint density at radius 1 is 1.26 bits per heavy atom. The highest BCUT2D eigenvalue weighted by molar-refractivity contribution is 5.91. The van der Waals surface area contributed by atoms with Crippen LogP contribution in [0.5, 0.6) is 0 Å². The maximum absolute atomic E-state index is 11.9. The third-order valence-corrected chi connectivity index (χ3v) is 3.25. The Balaban J connectivity index is 2.49. The van der Waals surface area contributed by atoms with Gasteiger partial charge in [-0.05, 0) is 25.0 Å². The fraction of sp³-hybridized carbons (Fsp3) is 0.600. The normalized spacial score (nSPS) is 10.5. The Bertz CT molecular complexity index is 478. The molecule has 1 rings (SSSR count). The number of hydrogen-bond donors (Lipinski definition) is 1. The second-order valence-electron chi connectivity index (χ2n) is 5.00. The molecule has 0 fully saturated rings. The van der Waals surface area contributed by atoms with Gasteiger partial charge in [0.1, 0.15) is 5.69 Å². The fourth-order valence-electron chi connectivity index (χ4n) is 1.96. The molecule has 4 heteroatoms. The molecule has 0 aromatic carbocycles. The summed E-state index contributed by atoms with van der Waals surface area (Å²) in [6, 6.07) is 1.83. The minimum atomic E-state index is -0.153. The Kier molecular flexibility index (Phi) is 6.33. The first-order chi connectivity index (χ1) is 9.06. The summed E-state index contributed by atoms with van der Waals surface area (Å²) in [5.41, 5.74) is 1.06. The van der Waals surface area contributed by atoms with E-state index in [9.17, 15) is 9.59 Å². The average Bonchev–Trinajstić information content (AvgIpc) is 2.39. The molecule has 0 aliphatic heterocycles. The van der Waals surface area contributed by atoms with Gasteiger partial charge in [-0.25, -0.2) is 0 Å². The summed E-state index contributed by atoms with van der Waals surface area (Å²) in [6.45, 7) is 4.00. The second kappa shape index (κ2) is 7.77. The Labute approximate surface area is 114 Å². The number of nitrogens with one attached hydrogen (secondary N) is 1. The summed E-state index contributed by atoms with van der Waals surface area (Å²) in [5.74, 6) is -0.0668. The maximum atomic E-state index is 11.9. The quantitative estimate of drug-likeness (QED) is 0.770. The largest absolute Gasteiger partial charge is 0.321 e. The van der Waals surface area contributed by atoms with Crippen LogP contribution in [-0.2, 0) is 11.8 Å². The third kappa shape index (κ3) is 4.89. The number of aryl methyl sites for hydroxylation is 2. The zero-order chi connectivity index (χ0) is 14.3. The lowest BCUT2D eigenvalue weighted by Crippen LogP contribution is -2.24. The first kappa shape index (κ1) is 15.5. The zero-order valence-corrected chi connectivity index (χ0v) is 12.2. The van der Waals surface area contributed by atoms with Crippen molar-refractivity contribution in [2.45, 2.75) is 52.4 Å². The van der Waals surface area contributed by atoms with Gasteiger partial charge in [0.15, 0.2) is 0 Å². The molecule has 0 aliphatic carbocycles. The molecule has 1 aromatic heterocycles. The van der Waals surface area contributed by atoms with Crippen molar-refractivity contribution >= 4 is 11.6 Å². The van der Waals surface area contributed by atoms with Crippen LogP contribution in [-0.4, -0.2) is 10.5 Å². The number of rotatable bonds is 7. The lowest BCUT2D eigenvalue weighted by atomic mass is 10.1. The SMILES string of the molecule is CCCCCCCC(=O)Nc1c(C)ccn(C)c1=O. The summed E-state index contributed by atoms with van der Waals surface area (Å²) in [7, 11) is 1.68. The van der Waals surface area contributed by atoms with Gasteiger partial charge in [0.05, 0.1) is 0 Å². The molecule has 0 unspecified atom stereocenters. The Hall–Kier alpha value is -1.58. The molecule has 0 bridgehead atoms. The topological polar surface area (TPSA) is 51.1 Å². The van der Waals surface area contributed by atoms with Crippen molar-refractivity contribution in [2.24, 2.45) is 7.05 Å². The molecule has 0 aliphatic rings. The average molecular weight is 264 g/mol. The number of nitrogens with zero attached hydrogens (tertiary/aromatic N) is 1. The van der Waals surface area contributed by atoms with Crippen molar-refractivity contribution in [3.05, 3.63) is 28.2 Å². The molecule has 1 amide bonds. The molecule has 0 spiro atoms. The smallest absolute Gasteiger partial charge is 0.274 e. The van der Waals surface area contributed by atoms with Crippen LogP contribution in [0.3, 0.4) is 0 Å². The fourth-order valence-corrected chi connectivity index (χ4v) is 1.96. The van der Waals surface area contributed by atoms with E-state index in [0.717, 1.165) is 18.4 Å². The van der Waals surface area contributed by atoms with Crippen LogP contribution >= 0.6 is 0 Å². The maximum Gasteiger partial charge on any atom is 0.274 e. The van der Waals surface area contributed by atoms with Gasteiger partial charge in [-0.1, -0.05) is 32.6 Å². The first-order valence-electron chi connectivity index (χ1n) is 7.02. The number of carbonyl (C=O) groups is 1. The lowest BCUT2D eigenvalue weighted by molar-refractivity contribution is -0.116. The van der Waals surface area contributed by atoms with Gasteiger partial charge in [0.2, 0.25) is 5.91 Å². The Morgan fingerprint density at radius 2 is 1.95 bits per heavy atom. The predicted octanol–water partition coefficient (Wildman–Crippen LogP) is 2.99. The summed E-state index contributed by atoms with van der Waals surface area (Å²) in [4.78, 5) is 23.7. The summed E-state index contributed by atoms with van der Waals surface area (Å²) < 4.78 is 1.48. The molecule has 0 radical (unpaired) electrons. The van der Waals surface area contributed by atoms with E-state index < -0.39 is 0 Å². The molecule has 4 nitrogen and oxygen atoms in total. The van der Waals surface area contributed by atoms with Crippen LogP contribution in [0.2, 0.25) is 0 Å². The first-order valence-corrected chi connectivity index (χ1v) is 7.02. The number of hydrogen-bond acceptors (Lipinski definition) is 2. The van der Waals surface area contributed by atoms with E-state index in [1.807, 2.05) is 13.0 Å². The van der Waals surface area contributed by atoms with Crippen molar-refractivity contribution in [1.29, 1.82) is 0 Å². The monoisotopic (exact) mass is 264 g/mol. The lowest BCUT2D eigenvalue weighted by Gasteiger charge is -2.09. The third-order valence-electron chi connectivity index (χ3n) is 3.25. The molecular formula is C15H24N2O2. The van der Waals surface area contributed by atoms with Crippen molar-refractivity contribution < 1.29 is 4.79 Å². The molecule has 0 atom stereocenters. The Morgan fingerprint density at radius 3 is 2.63 bits per heavy atom. The number of aromatic nitrogens is 1. The highest BCUT2D eigenvalue weighted by Crippen LogP contribution is 2.10. The summed E-state index contributed by atoms with van der Waals surface area (Å²) >= 11 is 0. The van der Waals surface area contributed by atoms with E-state index in [4.69, 9.17) is 0 Å². The van der Waals surface area contributed by atoms with Gasteiger partial charge >= 0.3 is 0 Å². The van der Waals surface area contributed by atoms with Crippen LogP contribution < -0.4 is 10.9 Å². The standard InChI is InChI=1S/C15H24N2O2/c1-4-5-6-7-8-9-13(18)16-14-12(2)10-11-17(3)15(14)19/h10-11H,4-9H2,1-3H3,(H,16,18). The van der Waals surface area contributed by atoms with E-state index in [-0.39, 0.29) is 11.5 Å². The van der Waals surface area contributed by atoms with Crippen LogP contribution in [0.25, 0.3) is 0 Å². The predicted molar refractivity (Wildman–Crippen MR) is 78.4 cm³/mol. The van der Waals surface area contributed by atoms with Crippen LogP contribution in [0.1, 0.15) is 51.0 Å². The van der Waals surface area contributed by atoms with Gasteiger partial charge < -0.3 is 9.88 Å². The second-order valence-corrected chi connectivity index (χ2v) is 5.00. The molecule has 1 aromatic rings. The molecule has 0 saturated heterocycles. The van der Waals surface area contributed by atoms with Crippen molar-refractivity contribution in [3.63, 3.8) is 0 Å². The van der Waals surface area contributed by atoms with Crippen LogP contribution in [0.4, 0.5) is 5.69 Å². The molecule has 0 saturated carbocycles. The van der Waals surface area contributed by atoms with Crippen molar-refractivity contribution in [3.8, 4) is 0 Å². The number of amides is 1. The van der Waals surface area contributed by atoms with Gasteiger partial charge in [-0.15, -0.1) is 0 Å². The highest BCUT2D eigenvalue weighted by atomic mass is 16.2. The number of unbranched alkanes of at least 4 members (excludes halogenated alkanes) is 4. The molecule has 1 N–H and O–H groups in total. The molecular weight excluding hydrogens is 240 g/mol. The van der Waals surface area contributed by atoms with Gasteiger partial charge in [0, 0.05) is 19.7 Å². The van der Waals surface area contributed by atoms with E-state index in [0.29, 0.717) is 12.1 Å². The molecule has 106 valence electrons. The minimum absolute atomic E-state index is 0.0668. The van der Waals surface area contributed by atoms with Crippen LogP contribution in [0.15, 0.2) is 17.1 Å². The van der Waals surface area contributed by atoms with Gasteiger partial charge in [0.25, 0.3) is 5.56 Å². The zero-order valence-electron chi connectivity index (χ0n) is 12.2. The minimum Gasteiger partial charge on any atom is -0.321 e. The summed E-state index contributed by atoms with van der Waals surface area (Å²) in [6.07, 6.45) is 7.76.